The smallest absolute Gasteiger partial charge is 0.351 e. The van der Waals surface area contributed by atoms with Crippen molar-refractivity contribution in [2.24, 2.45) is 0 Å². The van der Waals surface area contributed by atoms with Crippen LogP contribution in [-0.4, -0.2) is 122 Å². The summed E-state index contributed by atoms with van der Waals surface area (Å²) in [4.78, 5) is 170. The topological polar surface area (TPSA) is 486 Å². The van der Waals surface area contributed by atoms with Gasteiger partial charge in [-0.05, 0) is 46.8 Å². The molecule has 6 aromatic heterocycles. The number of amides is 10. The van der Waals surface area contributed by atoms with Crippen LogP contribution < -0.4 is 53.2 Å². The Morgan fingerprint density at radius 1 is 0.611 bits per heavy atom. The molecule has 1 unspecified atom stereocenters. The van der Waals surface area contributed by atoms with E-state index in [-0.39, 0.29) is 96.0 Å². The molecule has 0 aliphatic carbocycles. The Balaban J connectivity index is 1.18. The number of rotatable bonds is 10. The van der Waals surface area contributed by atoms with Crippen molar-refractivity contribution in [3.63, 3.8) is 0 Å². The molecule has 0 saturated carbocycles. The molecule has 35 heteroatoms. The molecular formula is C55H50N16O17S2. The summed E-state index contributed by atoms with van der Waals surface area (Å²) >= 11 is 1.67. The maximum atomic E-state index is 13.9. The molecule has 33 nitrogen and oxygen atoms in total. The minimum absolute atomic E-state index is 0.0250. The number of hydrogen-bond acceptors (Lipinski definition) is 24. The molecule has 3 atom stereocenters. The van der Waals surface area contributed by atoms with Crippen molar-refractivity contribution >= 4 is 105 Å². The zero-order valence-corrected chi connectivity index (χ0v) is 49.2. The number of carbonyl (C=O) groups excluding carboxylic acids is 10. The number of nitrogens with zero attached hydrogens (tertiary/aromatic N) is 6. The van der Waals surface area contributed by atoms with E-state index in [9.17, 15) is 63.0 Å². The van der Waals surface area contributed by atoms with Crippen molar-refractivity contribution in [2.75, 3.05) is 0 Å². The van der Waals surface area contributed by atoms with Crippen LogP contribution >= 0.6 is 22.7 Å². The van der Waals surface area contributed by atoms with Crippen LogP contribution in [0.3, 0.4) is 0 Å². The number of carbonyl (C=O) groups is 11. The van der Waals surface area contributed by atoms with E-state index in [1.807, 2.05) is 10.6 Å². The first kappa shape index (κ1) is 65.6. The van der Waals surface area contributed by atoms with Gasteiger partial charge in [-0.1, -0.05) is 51.6 Å². The number of thiazole rings is 2. The van der Waals surface area contributed by atoms with Crippen LogP contribution in [0.2, 0.25) is 0 Å². The van der Waals surface area contributed by atoms with Gasteiger partial charge in [0.15, 0.2) is 17.6 Å². The second-order valence-electron chi connectivity index (χ2n) is 18.4. The minimum Gasteiger partial charge on any atom is -0.477 e. The normalized spacial score (nSPS) is 16.4. The molecule has 1 aliphatic heterocycles. The van der Waals surface area contributed by atoms with Crippen molar-refractivity contribution in [1.29, 1.82) is 0 Å². The van der Waals surface area contributed by atoms with Gasteiger partial charge in [0.05, 0.1) is 40.3 Å². The van der Waals surface area contributed by atoms with Crippen molar-refractivity contribution in [3.8, 4) is 22.0 Å². The lowest BCUT2D eigenvalue weighted by atomic mass is 10.1. The van der Waals surface area contributed by atoms with E-state index in [1.54, 1.807) is 0 Å². The molecule has 464 valence electrons. The number of aliphatic hydroxyl groups excluding tert-OH is 2. The summed E-state index contributed by atoms with van der Waals surface area (Å²) in [6.07, 6.45) is 0.424. The highest BCUT2D eigenvalue weighted by molar-refractivity contribution is 7.13. The van der Waals surface area contributed by atoms with Gasteiger partial charge < -0.3 is 81.7 Å². The molecule has 10 amide bonds. The number of nitrogens with one attached hydrogen (secondary N) is 10. The second kappa shape index (κ2) is 27.6. The third-order valence-electron chi connectivity index (χ3n) is 11.9. The first-order valence-electron chi connectivity index (χ1n) is 25.5. The van der Waals surface area contributed by atoms with Crippen LogP contribution in [0.15, 0.2) is 123 Å². The number of aliphatic carboxylic acids is 1. The molecule has 13 N–H and O–H groups in total. The van der Waals surface area contributed by atoms with E-state index in [1.165, 1.54) is 63.6 Å². The first-order valence-corrected chi connectivity index (χ1v) is 27.3. The Morgan fingerprint density at radius 2 is 1.16 bits per heavy atom. The number of hydrogen-bond donors (Lipinski definition) is 13. The standard InChI is InChI=1S/C55H50N16O17S2/c1-12-29-51-69-36(26(10)87-51)47(81)59-22(6)41(75)60-23(7)50-65-32(16-86-50)38-28(14-15-31(62-38)43(77)58-21(5)40(74)56-19(3)39(73)57-20(4)42(76)61-24(8)55(84)85)53-66-34(17-89-53)45(79)68-35(25(9)72)46(80)64-30(13-2)52-70-37(27(11)88-52)48(82)71-49(83)54-67-33(18-90-54)44(78)63-29/h12-18,25,35,49,72,83H,3-8H2,1-2,9-11H3,(H,56,74)(H,57,73)(H,58,77)(H,59,81)(H,60,75)(H,61,76)(H,63,78)(H,64,80)(H,68,79)(H,71,82)(H,84,85)/b29-12+,30-13-/t25-,35-,49?/m1/s1. The summed E-state index contributed by atoms with van der Waals surface area (Å²) in [5, 5.41) is 55.8. The van der Waals surface area contributed by atoms with Crippen LogP contribution in [0.25, 0.3) is 39.1 Å². The van der Waals surface area contributed by atoms with Crippen LogP contribution in [0.1, 0.15) is 114 Å². The number of oxazole rings is 3. The molecule has 0 radical (unpaired) electrons. The van der Waals surface area contributed by atoms with Crippen LogP contribution in [-0.2, 0) is 28.8 Å². The van der Waals surface area contributed by atoms with Gasteiger partial charge in [0.1, 0.15) is 73.7 Å². The highest BCUT2D eigenvalue weighted by Crippen LogP contribution is 2.34. The zero-order chi connectivity index (χ0) is 66.2. The highest BCUT2D eigenvalue weighted by Gasteiger charge is 2.32. The number of carboxylic acids is 1. The maximum Gasteiger partial charge on any atom is 0.351 e. The first-order chi connectivity index (χ1) is 42.5. The predicted octanol–water partition coefficient (Wildman–Crippen LogP) is 1.34. The number of carboxylic acid groups (broad SMARTS) is 1. The second-order valence-corrected chi connectivity index (χ2v) is 20.2. The number of aromatic nitrogens is 6. The number of allylic oxidation sites excluding steroid dienone is 2. The van der Waals surface area contributed by atoms with Crippen LogP contribution in [0.5, 0.6) is 0 Å². The average Bonchev–Trinajstić information content (AvgIpc) is 1.62. The van der Waals surface area contributed by atoms with Gasteiger partial charge in [-0.2, -0.15) is 0 Å². The number of pyridine rings is 1. The van der Waals surface area contributed by atoms with Gasteiger partial charge in [0, 0.05) is 16.3 Å². The predicted molar refractivity (Wildman–Crippen MR) is 314 cm³/mol. The summed E-state index contributed by atoms with van der Waals surface area (Å²) in [5.74, 6) is -13.0. The third-order valence-corrected chi connectivity index (χ3v) is 13.7. The van der Waals surface area contributed by atoms with Gasteiger partial charge in [-0.15, -0.1) is 22.7 Å². The van der Waals surface area contributed by atoms with Crippen LogP contribution in [0, 0.1) is 13.8 Å². The molecule has 0 spiro atoms. The fourth-order valence-corrected chi connectivity index (χ4v) is 8.85. The molecule has 0 saturated heterocycles. The van der Waals surface area contributed by atoms with E-state index in [2.05, 4.69) is 112 Å². The number of fused-ring (bicyclic) bond motifs is 13. The summed E-state index contributed by atoms with van der Waals surface area (Å²) < 4.78 is 17.0. The molecule has 10 bridgehead atoms. The lowest BCUT2D eigenvalue weighted by molar-refractivity contribution is -0.134. The summed E-state index contributed by atoms with van der Waals surface area (Å²) in [7, 11) is 0. The fourth-order valence-electron chi connectivity index (χ4n) is 7.29. The molecule has 0 aromatic carbocycles. The molecule has 0 fully saturated rings. The summed E-state index contributed by atoms with van der Waals surface area (Å²) in [6.45, 7) is 27.7. The van der Waals surface area contributed by atoms with E-state index >= 15 is 0 Å². The Bertz CT molecular complexity index is 4190. The molecule has 7 heterocycles. The van der Waals surface area contributed by atoms with E-state index in [0.29, 0.717) is 0 Å². The van der Waals surface area contributed by atoms with Gasteiger partial charge in [0.25, 0.3) is 53.2 Å². The minimum atomic E-state index is -1.79. The zero-order valence-electron chi connectivity index (χ0n) is 47.6. The highest BCUT2D eigenvalue weighted by atomic mass is 32.1. The van der Waals surface area contributed by atoms with Crippen molar-refractivity contribution < 1.29 is 81.3 Å². The van der Waals surface area contributed by atoms with Gasteiger partial charge in [-0.25, -0.2) is 34.7 Å². The SMILES string of the molecule is C=C(NC(=O)C(=C)NC(=O)C(=C)NC(=O)C(=C)NC(=O)c1ccc2c(n1)-c1coc(n1)C(=C)NC(=O)C(=C)NC(=O)c1nc(oc1C)/C(=C\C)NC(=O)c1csc(n1)C(O)NC(=O)c1nc(oc1C)/C(=C/C)NC(=O)[C@@H]([C@@H](C)O)NC(=O)c1csc-2n1)C(=O)O. The lowest BCUT2D eigenvalue weighted by Crippen LogP contribution is -2.52. The largest absolute Gasteiger partial charge is 0.477 e. The molecular weight excluding hydrogens is 1220 g/mol. The van der Waals surface area contributed by atoms with Gasteiger partial charge >= 0.3 is 5.97 Å². The van der Waals surface area contributed by atoms with E-state index in [0.717, 1.165) is 35.0 Å². The van der Waals surface area contributed by atoms with Crippen molar-refractivity contribution in [2.45, 2.75) is 53.0 Å². The monoisotopic (exact) mass is 1270 g/mol. The average molecular weight is 1270 g/mol. The third kappa shape index (κ3) is 15.2. The number of aryl methyl sites for hydroxylation is 2. The quantitative estimate of drug-likeness (QED) is 0.0861. The van der Waals surface area contributed by atoms with Crippen LogP contribution in [0.4, 0.5) is 0 Å². The Morgan fingerprint density at radius 3 is 1.74 bits per heavy atom. The summed E-state index contributed by atoms with van der Waals surface area (Å²) in [5.41, 5.74) is -5.69. The fraction of sp³-hybridized carbons (Fsp3) is 0.145. The Kier molecular flexibility index (Phi) is 20.1. The van der Waals surface area contributed by atoms with E-state index in [4.69, 9.17) is 18.4 Å². The van der Waals surface area contributed by atoms with Gasteiger partial charge in [0.2, 0.25) is 23.6 Å². The molecule has 90 heavy (non-hydrogen) atoms. The van der Waals surface area contributed by atoms with E-state index < -0.39 is 118 Å². The molecule has 1 aliphatic rings. The Labute approximate surface area is 514 Å². The Hall–Kier alpha value is -11.9. The van der Waals surface area contributed by atoms with Gasteiger partial charge in [-0.3, -0.25) is 47.9 Å². The summed E-state index contributed by atoms with van der Waals surface area (Å²) in [6, 6.07) is 0.791. The molecule has 6 aromatic rings. The molecule has 7 rings (SSSR count). The van der Waals surface area contributed by atoms with Crippen molar-refractivity contribution in [1.82, 2.24) is 83.1 Å². The maximum absolute atomic E-state index is 13.9. The lowest BCUT2D eigenvalue weighted by Gasteiger charge is -2.20. The number of aliphatic hydroxyl groups is 2. The van der Waals surface area contributed by atoms with Crippen molar-refractivity contribution in [3.05, 3.63) is 172 Å².